The summed E-state index contributed by atoms with van der Waals surface area (Å²) in [5, 5.41) is 0. The Bertz CT molecular complexity index is 1000. The molecule has 0 saturated heterocycles. The first-order valence-corrected chi connectivity index (χ1v) is 7.67. The summed E-state index contributed by atoms with van der Waals surface area (Å²) < 4.78 is 8.00. The summed E-state index contributed by atoms with van der Waals surface area (Å²) in [5.74, 6) is 1.90. The van der Waals surface area contributed by atoms with E-state index in [0.717, 1.165) is 33.9 Å². The van der Waals surface area contributed by atoms with Crippen molar-refractivity contribution in [2.45, 2.75) is 6.17 Å². The Labute approximate surface area is 133 Å². The summed E-state index contributed by atoms with van der Waals surface area (Å²) in [6, 6.07) is 20.6. The monoisotopic (exact) mass is 301 g/mol. The third-order valence-electron chi connectivity index (χ3n) is 4.53. The van der Waals surface area contributed by atoms with Crippen molar-refractivity contribution in [2.75, 3.05) is 11.9 Å². The van der Waals surface area contributed by atoms with Crippen LogP contribution in [0.25, 0.3) is 22.4 Å². The molecule has 0 bridgehead atoms. The van der Waals surface area contributed by atoms with E-state index in [1.54, 1.807) is 6.26 Å². The molecule has 2 aromatic heterocycles. The zero-order chi connectivity index (χ0) is 15.4. The normalized spacial score (nSPS) is 16.4. The van der Waals surface area contributed by atoms with E-state index in [-0.39, 0.29) is 6.17 Å². The van der Waals surface area contributed by atoms with E-state index in [4.69, 9.17) is 9.40 Å². The third-order valence-corrected chi connectivity index (χ3v) is 4.53. The van der Waals surface area contributed by atoms with Gasteiger partial charge in [0.15, 0.2) is 6.17 Å². The first kappa shape index (κ1) is 12.5. The molecule has 3 heterocycles. The van der Waals surface area contributed by atoms with Crippen molar-refractivity contribution in [1.29, 1.82) is 0 Å². The molecule has 23 heavy (non-hydrogen) atoms. The summed E-state index contributed by atoms with van der Waals surface area (Å²) in [6.45, 7) is 0. The molecular weight excluding hydrogens is 286 g/mol. The highest BCUT2D eigenvalue weighted by atomic mass is 16.3. The molecule has 0 N–H and O–H groups in total. The second kappa shape index (κ2) is 4.49. The number of fused-ring (bicyclic) bond motifs is 5. The van der Waals surface area contributed by atoms with Crippen molar-refractivity contribution in [3.05, 3.63) is 72.7 Å². The van der Waals surface area contributed by atoms with Gasteiger partial charge in [0.05, 0.1) is 17.3 Å². The van der Waals surface area contributed by atoms with Crippen LogP contribution in [0.15, 0.2) is 71.3 Å². The number of benzene rings is 2. The van der Waals surface area contributed by atoms with Gasteiger partial charge in [-0.2, -0.15) is 0 Å². The van der Waals surface area contributed by atoms with Crippen LogP contribution in [0.3, 0.4) is 0 Å². The molecule has 0 fully saturated rings. The summed E-state index contributed by atoms with van der Waals surface area (Å²) >= 11 is 0. The standard InChI is InChI=1S/C19H15N3O/c1-21-15-9-4-2-7-13(15)18-20-14-8-3-5-10-16(14)22(18)19(21)17-11-6-12-23-17/h2-12,19H,1H3/t19-/m0/s1. The summed E-state index contributed by atoms with van der Waals surface area (Å²) in [7, 11) is 2.10. The molecule has 0 aliphatic carbocycles. The number of nitrogens with zero attached hydrogens (tertiary/aromatic N) is 3. The van der Waals surface area contributed by atoms with E-state index < -0.39 is 0 Å². The number of hydrogen-bond acceptors (Lipinski definition) is 3. The number of imidazole rings is 1. The lowest BCUT2D eigenvalue weighted by Crippen LogP contribution is -2.33. The van der Waals surface area contributed by atoms with Gasteiger partial charge in [-0.3, -0.25) is 4.57 Å². The van der Waals surface area contributed by atoms with Crippen molar-refractivity contribution in [3.63, 3.8) is 0 Å². The van der Waals surface area contributed by atoms with Crippen LogP contribution in [-0.4, -0.2) is 16.6 Å². The Hall–Kier alpha value is -3.01. The molecule has 1 aliphatic rings. The van der Waals surface area contributed by atoms with Gasteiger partial charge in [-0.05, 0) is 36.4 Å². The number of rotatable bonds is 1. The Morgan fingerprint density at radius 3 is 2.65 bits per heavy atom. The topological polar surface area (TPSA) is 34.2 Å². The molecule has 1 atom stereocenters. The van der Waals surface area contributed by atoms with Crippen molar-refractivity contribution in [3.8, 4) is 11.4 Å². The molecule has 4 aromatic rings. The molecule has 0 amide bonds. The molecule has 1 aliphatic heterocycles. The highest BCUT2D eigenvalue weighted by Crippen LogP contribution is 2.43. The molecule has 2 aromatic carbocycles. The number of anilines is 1. The van der Waals surface area contributed by atoms with E-state index in [9.17, 15) is 0 Å². The van der Waals surface area contributed by atoms with Crippen LogP contribution in [0, 0.1) is 0 Å². The van der Waals surface area contributed by atoms with Crippen molar-refractivity contribution in [2.24, 2.45) is 0 Å². The van der Waals surface area contributed by atoms with E-state index in [1.807, 2.05) is 18.2 Å². The number of para-hydroxylation sites is 3. The van der Waals surface area contributed by atoms with Crippen LogP contribution in [0.1, 0.15) is 11.9 Å². The zero-order valence-corrected chi connectivity index (χ0v) is 12.7. The molecular formula is C19H15N3O. The van der Waals surface area contributed by atoms with Crippen LogP contribution >= 0.6 is 0 Å². The van der Waals surface area contributed by atoms with Crippen LogP contribution in [0.2, 0.25) is 0 Å². The fourth-order valence-corrected chi connectivity index (χ4v) is 3.51. The average Bonchev–Trinajstić information content (AvgIpc) is 3.24. The van der Waals surface area contributed by atoms with Crippen LogP contribution in [0.4, 0.5) is 5.69 Å². The first-order valence-electron chi connectivity index (χ1n) is 7.67. The largest absolute Gasteiger partial charge is 0.465 e. The van der Waals surface area contributed by atoms with E-state index in [2.05, 4.69) is 59.0 Å². The van der Waals surface area contributed by atoms with Crippen LogP contribution in [0.5, 0.6) is 0 Å². The van der Waals surface area contributed by atoms with Gasteiger partial charge in [0.1, 0.15) is 11.6 Å². The fraction of sp³-hybridized carbons (Fsp3) is 0.105. The second-order valence-corrected chi connectivity index (χ2v) is 5.81. The highest BCUT2D eigenvalue weighted by molar-refractivity contribution is 5.87. The molecule has 4 heteroatoms. The molecule has 0 radical (unpaired) electrons. The minimum absolute atomic E-state index is 0.0395. The van der Waals surface area contributed by atoms with Gasteiger partial charge in [-0.25, -0.2) is 4.98 Å². The summed E-state index contributed by atoms with van der Waals surface area (Å²) in [5.41, 5.74) is 4.43. The molecule has 4 nitrogen and oxygen atoms in total. The number of aromatic nitrogens is 2. The van der Waals surface area contributed by atoms with Gasteiger partial charge in [0, 0.05) is 18.3 Å². The predicted molar refractivity (Wildman–Crippen MR) is 90.4 cm³/mol. The van der Waals surface area contributed by atoms with Gasteiger partial charge < -0.3 is 9.32 Å². The van der Waals surface area contributed by atoms with Crippen molar-refractivity contribution in [1.82, 2.24) is 9.55 Å². The summed E-state index contributed by atoms with van der Waals surface area (Å²) in [6.07, 6.45) is 1.69. The van der Waals surface area contributed by atoms with Gasteiger partial charge in [0.25, 0.3) is 0 Å². The van der Waals surface area contributed by atoms with Gasteiger partial charge in [0.2, 0.25) is 0 Å². The maximum Gasteiger partial charge on any atom is 0.167 e. The maximum absolute atomic E-state index is 5.74. The Balaban J connectivity index is 1.90. The molecule has 5 rings (SSSR count). The molecule has 0 unspecified atom stereocenters. The zero-order valence-electron chi connectivity index (χ0n) is 12.7. The van der Waals surface area contributed by atoms with Crippen LogP contribution in [-0.2, 0) is 0 Å². The number of furan rings is 1. The quantitative estimate of drug-likeness (QED) is 0.526. The van der Waals surface area contributed by atoms with Gasteiger partial charge in [-0.1, -0.05) is 24.3 Å². The lowest BCUT2D eigenvalue weighted by atomic mass is 10.1. The Morgan fingerprint density at radius 2 is 1.78 bits per heavy atom. The SMILES string of the molecule is CN1c2ccccc2-c2nc3ccccc3n2[C@H]1c1ccco1. The lowest BCUT2D eigenvalue weighted by molar-refractivity contribution is 0.427. The first-order chi connectivity index (χ1) is 11.3. The Kier molecular flexibility index (Phi) is 2.45. The Morgan fingerprint density at radius 1 is 0.957 bits per heavy atom. The van der Waals surface area contributed by atoms with Crippen molar-refractivity contribution >= 4 is 16.7 Å². The van der Waals surface area contributed by atoms with Gasteiger partial charge >= 0.3 is 0 Å². The molecule has 0 saturated carbocycles. The van der Waals surface area contributed by atoms with Crippen molar-refractivity contribution < 1.29 is 4.42 Å². The maximum atomic E-state index is 5.74. The smallest absolute Gasteiger partial charge is 0.167 e. The van der Waals surface area contributed by atoms with Crippen LogP contribution < -0.4 is 4.90 Å². The lowest BCUT2D eigenvalue weighted by Gasteiger charge is -2.36. The fourth-order valence-electron chi connectivity index (χ4n) is 3.51. The minimum Gasteiger partial charge on any atom is -0.465 e. The van der Waals surface area contributed by atoms with E-state index in [0.29, 0.717) is 0 Å². The third kappa shape index (κ3) is 1.63. The highest BCUT2D eigenvalue weighted by Gasteiger charge is 2.33. The van der Waals surface area contributed by atoms with E-state index >= 15 is 0 Å². The molecule has 0 spiro atoms. The second-order valence-electron chi connectivity index (χ2n) is 5.81. The predicted octanol–water partition coefficient (Wildman–Crippen LogP) is 4.29. The minimum atomic E-state index is -0.0395. The van der Waals surface area contributed by atoms with Gasteiger partial charge in [-0.15, -0.1) is 0 Å². The average molecular weight is 301 g/mol. The molecule has 112 valence electrons. The van der Waals surface area contributed by atoms with E-state index in [1.165, 1.54) is 0 Å². The summed E-state index contributed by atoms with van der Waals surface area (Å²) in [4.78, 5) is 7.13. The number of hydrogen-bond donors (Lipinski definition) is 0.